The van der Waals surface area contributed by atoms with Crippen LogP contribution in [0, 0.1) is 0 Å². The molecular weight excluding hydrogens is 312 g/mol. The Morgan fingerprint density at radius 2 is 2.38 bits per heavy atom. The van der Waals surface area contributed by atoms with Crippen LogP contribution in [-0.2, 0) is 19.6 Å². The molecule has 6 nitrogen and oxygen atoms in total. The largest absolute Gasteiger partial charge is 0.380 e. The number of thiophene rings is 1. The minimum Gasteiger partial charge on any atom is -0.380 e. The summed E-state index contributed by atoms with van der Waals surface area (Å²) in [6.45, 7) is 3.71. The predicted octanol–water partition coefficient (Wildman–Crippen LogP) is 1.05. The fourth-order valence-electron chi connectivity index (χ4n) is 2.32. The van der Waals surface area contributed by atoms with Crippen LogP contribution >= 0.6 is 11.3 Å². The molecule has 0 unspecified atom stereocenters. The molecule has 8 heteroatoms. The second kappa shape index (κ2) is 7.35. The number of carbonyl (C=O) groups is 1. The van der Waals surface area contributed by atoms with Crippen LogP contribution in [0.1, 0.15) is 19.8 Å². The maximum absolute atomic E-state index is 12.5. The van der Waals surface area contributed by atoms with Crippen molar-refractivity contribution in [3.8, 4) is 0 Å². The molecule has 1 aliphatic heterocycles. The van der Waals surface area contributed by atoms with E-state index in [0.717, 1.165) is 0 Å². The Morgan fingerprint density at radius 3 is 3.05 bits per heavy atom. The molecular formula is C13H20N2O4S2. The lowest BCUT2D eigenvalue weighted by Gasteiger charge is -2.22. The molecule has 1 aromatic rings. The zero-order valence-electron chi connectivity index (χ0n) is 11.9. The average Bonchev–Trinajstić information content (AvgIpc) is 3.13. The highest BCUT2D eigenvalue weighted by Crippen LogP contribution is 2.28. The van der Waals surface area contributed by atoms with Crippen LogP contribution in [0.5, 0.6) is 0 Å². The summed E-state index contributed by atoms with van der Waals surface area (Å²) in [6, 6.07) is 2.66. The number of nitrogens with zero attached hydrogens (tertiary/aromatic N) is 1. The Bertz CT molecular complexity index is 557. The van der Waals surface area contributed by atoms with Crippen LogP contribution in [0.4, 0.5) is 0 Å². The zero-order valence-corrected chi connectivity index (χ0v) is 13.6. The van der Waals surface area contributed by atoms with E-state index in [9.17, 15) is 13.2 Å². The van der Waals surface area contributed by atoms with Gasteiger partial charge in [0.1, 0.15) is 10.3 Å². The van der Waals surface area contributed by atoms with Gasteiger partial charge in [0.2, 0.25) is 5.91 Å². The summed E-state index contributed by atoms with van der Waals surface area (Å²) < 4.78 is 31.8. The van der Waals surface area contributed by atoms with Gasteiger partial charge in [0.05, 0.1) is 6.61 Å². The van der Waals surface area contributed by atoms with Crippen molar-refractivity contribution in [3.05, 3.63) is 17.5 Å². The molecule has 0 aromatic carbocycles. The van der Waals surface area contributed by atoms with E-state index in [2.05, 4.69) is 5.32 Å². The second-order valence-electron chi connectivity index (χ2n) is 4.69. The third kappa shape index (κ3) is 3.82. The first-order valence-electron chi connectivity index (χ1n) is 6.98. The smallest absolute Gasteiger partial charge is 0.253 e. The highest BCUT2D eigenvalue weighted by molar-refractivity contribution is 7.91. The average molecular weight is 332 g/mol. The molecule has 0 saturated carbocycles. The van der Waals surface area contributed by atoms with Gasteiger partial charge in [0.25, 0.3) is 10.0 Å². The van der Waals surface area contributed by atoms with Crippen molar-refractivity contribution in [2.45, 2.75) is 30.0 Å². The minimum atomic E-state index is -3.57. The molecule has 1 aromatic heterocycles. The Hall–Kier alpha value is -0.960. The van der Waals surface area contributed by atoms with Crippen molar-refractivity contribution in [2.24, 2.45) is 0 Å². The first-order valence-corrected chi connectivity index (χ1v) is 9.30. The topological polar surface area (TPSA) is 75.7 Å². The van der Waals surface area contributed by atoms with Crippen molar-refractivity contribution in [3.63, 3.8) is 0 Å². The lowest BCUT2D eigenvalue weighted by atomic mass is 10.2. The number of carbonyl (C=O) groups excluding carboxylic acids is 1. The number of sulfonamides is 1. The van der Waals surface area contributed by atoms with Crippen molar-refractivity contribution in [1.29, 1.82) is 0 Å². The van der Waals surface area contributed by atoms with Gasteiger partial charge in [-0.1, -0.05) is 6.07 Å². The zero-order chi connectivity index (χ0) is 15.3. The molecule has 1 aliphatic rings. The maximum atomic E-state index is 12.5. The first-order chi connectivity index (χ1) is 10.1. The van der Waals surface area contributed by atoms with E-state index < -0.39 is 16.1 Å². The maximum Gasteiger partial charge on any atom is 0.253 e. The summed E-state index contributed by atoms with van der Waals surface area (Å²) >= 11 is 1.17. The van der Waals surface area contributed by atoms with Gasteiger partial charge in [-0.15, -0.1) is 11.3 Å². The normalized spacial score (nSPS) is 19.8. The van der Waals surface area contributed by atoms with Gasteiger partial charge in [0.15, 0.2) is 0 Å². The molecule has 2 heterocycles. The Kier molecular flexibility index (Phi) is 5.74. The molecule has 0 aliphatic carbocycles. The fourth-order valence-corrected chi connectivity index (χ4v) is 5.10. The summed E-state index contributed by atoms with van der Waals surface area (Å²) in [4.78, 5) is 12.2. The Balaban J connectivity index is 2.02. The summed E-state index contributed by atoms with van der Waals surface area (Å²) in [6.07, 6.45) is 1.26. The molecule has 1 saturated heterocycles. The third-order valence-electron chi connectivity index (χ3n) is 3.31. The summed E-state index contributed by atoms with van der Waals surface area (Å²) in [5.74, 6) is -0.243. The van der Waals surface area contributed by atoms with Crippen LogP contribution in [0.2, 0.25) is 0 Å². The first kappa shape index (κ1) is 16.4. The van der Waals surface area contributed by atoms with E-state index in [1.165, 1.54) is 15.6 Å². The summed E-state index contributed by atoms with van der Waals surface area (Å²) in [5, 5.41) is 4.46. The minimum absolute atomic E-state index is 0.243. The number of hydrogen-bond acceptors (Lipinski definition) is 5. The molecule has 2 rings (SSSR count). The van der Waals surface area contributed by atoms with Crippen LogP contribution < -0.4 is 5.32 Å². The van der Waals surface area contributed by atoms with Crippen LogP contribution in [0.25, 0.3) is 0 Å². The van der Waals surface area contributed by atoms with E-state index in [0.29, 0.717) is 39.1 Å². The van der Waals surface area contributed by atoms with Gasteiger partial charge >= 0.3 is 0 Å². The van der Waals surface area contributed by atoms with E-state index >= 15 is 0 Å². The molecule has 0 radical (unpaired) electrons. The third-order valence-corrected chi connectivity index (χ3v) is 6.60. The number of ether oxygens (including phenoxy) is 1. The molecule has 1 amide bonds. The van der Waals surface area contributed by atoms with Crippen molar-refractivity contribution in [1.82, 2.24) is 9.62 Å². The van der Waals surface area contributed by atoms with Gasteiger partial charge in [-0.25, -0.2) is 8.42 Å². The highest BCUT2D eigenvalue weighted by Gasteiger charge is 2.39. The number of hydrogen-bond donors (Lipinski definition) is 1. The Morgan fingerprint density at radius 1 is 1.57 bits per heavy atom. The number of rotatable bonds is 7. The molecule has 21 heavy (non-hydrogen) atoms. The SMILES string of the molecule is CCOCCNC(=O)[C@H]1CCCN1S(=O)(=O)c1cccs1. The lowest BCUT2D eigenvalue weighted by Crippen LogP contribution is -2.46. The van der Waals surface area contributed by atoms with Crippen LogP contribution in [0.3, 0.4) is 0 Å². The monoisotopic (exact) mass is 332 g/mol. The summed E-state index contributed by atoms with van der Waals surface area (Å²) in [7, 11) is -3.57. The summed E-state index contributed by atoms with van der Waals surface area (Å²) in [5.41, 5.74) is 0. The van der Waals surface area contributed by atoms with Crippen molar-refractivity contribution in [2.75, 3.05) is 26.3 Å². The fraction of sp³-hybridized carbons (Fsp3) is 0.615. The van der Waals surface area contributed by atoms with E-state index in [1.54, 1.807) is 17.5 Å². The van der Waals surface area contributed by atoms with Gasteiger partial charge < -0.3 is 10.1 Å². The van der Waals surface area contributed by atoms with E-state index in [1.807, 2.05) is 6.92 Å². The van der Waals surface area contributed by atoms with Gasteiger partial charge in [-0.05, 0) is 31.2 Å². The van der Waals surface area contributed by atoms with Crippen molar-refractivity contribution < 1.29 is 17.9 Å². The van der Waals surface area contributed by atoms with E-state index in [-0.39, 0.29) is 10.1 Å². The molecule has 0 bridgehead atoms. The molecule has 1 atom stereocenters. The van der Waals surface area contributed by atoms with E-state index in [4.69, 9.17) is 4.74 Å². The number of amides is 1. The molecule has 0 spiro atoms. The standard InChI is InChI=1S/C13H20N2O4S2/c1-2-19-9-7-14-13(16)11-5-3-8-15(11)21(17,18)12-6-4-10-20-12/h4,6,10-11H,2-3,5,7-9H2,1H3,(H,14,16)/t11-/m1/s1. The van der Waals surface area contributed by atoms with Crippen LogP contribution in [0.15, 0.2) is 21.7 Å². The number of nitrogens with one attached hydrogen (secondary N) is 1. The predicted molar refractivity (Wildman–Crippen MR) is 80.7 cm³/mol. The quantitative estimate of drug-likeness (QED) is 0.758. The Labute approximate surface area is 129 Å². The molecule has 1 fully saturated rings. The molecule has 118 valence electrons. The van der Waals surface area contributed by atoms with Crippen LogP contribution in [-0.4, -0.2) is 51.0 Å². The second-order valence-corrected chi connectivity index (χ2v) is 7.76. The lowest BCUT2D eigenvalue weighted by molar-refractivity contribution is -0.124. The van der Waals surface area contributed by atoms with Gasteiger partial charge in [-0.3, -0.25) is 4.79 Å². The molecule has 1 N–H and O–H groups in total. The van der Waals surface area contributed by atoms with Gasteiger partial charge in [0, 0.05) is 19.7 Å². The van der Waals surface area contributed by atoms with Gasteiger partial charge in [-0.2, -0.15) is 4.31 Å². The highest BCUT2D eigenvalue weighted by atomic mass is 32.2. The van der Waals surface area contributed by atoms with Crippen molar-refractivity contribution >= 4 is 27.3 Å².